The fraction of sp³-hybridized carbons (Fsp3) is 0.500. The molecule has 1 N–H and O–H groups in total. The number of halogens is 1. The molecule has 0 aromatic heterocycles. The van der Waals surface area contributed by atoms with Gasteiger partial charge in [-0.05, 0) is 17.7 Å². The van der Waals surface area contributed by atoms with Crippen molar-refractivity contribution in [3.8, 4) is 0 Å². The van der Waals surface area contributed by atoms with Gasteiger partial charge in [0.25, 0.3) is 0 Å². The van der Waals surface area contributed by atoms with Crippen molar-refractivity contribution in [1.29, 1.82) is 0 Å². The van der Waals surface area contributed by atoms with Crippen molar-refractivity contribution in [3.05, 3.63) is 29.8 Å². The normalized spacial score (nSPS) is 24.7. The average Bonchev–Trinajstić information content (AvgIpc) is 2.77. The maximum atomic E-state index is 5.78. The molecule has 0 unspecified atom stereocenters. The van der Waals surface area contributed by atoms with E-state index in [1.54, 1.807) is 0 Å². The third kappa shape index (κ3) is 2.48. The van der Waals surface area contributed by atoms with Gasteiger partial charge in [0.05, 0.1) is 6.61 Å². The maximum Gasteiger partial charge on any atom is 0.134 e. The van der Waals surface area contributed by atoms with E-state index >= 15 is 0 Å². The minimum absolute atomic E-state index is 0.0139. The van der Waals surface area contributed by atoms with Crippen molar-refractivity contribution < 1.29 is 4.74 Å². The molecule has 0 radical (unpaired) electrons. The maximum absolute atomic E-state index is 5.78. The summed E-state index contributed by atoms with van der Waals surface area (Å²) in [5.41, 5.74) is 2.34. The van der Waals surface area contributed by atoms with E-state index in [1.807, 2.05) is 14.1 Å². The summed E-state index contributed by atoms with van der Waals surface area (Å²) in [6, 6.07) is 8.62. The van der Waals surface area contributed by atoms with Gasteiger partial charge in [0.1, 0.15) is 6.23 Å². The SMILES string of the molecule is CN(C)c1ccc([C@H]2N[C@@H](CCl)CO2)cc1. The van der Waals surface area contributed by atoms with Gasteiger partial charge >= 0.3 is 0 Å². The molecular weight excluding hydrogens is 224 g/mol. The van der Waals surface area contributed by atoms with Crippen LogP contribution < -0.4 is 10.2 Å². The van der Waals surface area contributed by atoms with Crippen molar-refractivity contribution in [3.63, 3.8) is 0 Å². The first-order valence-electron chi connectivity index (χ1n) is 5.41. The van der Waals surface area contributed by atoms with Crippen LogP contribution in [0.1, 0.15) is 11.8 Å². The van der Waals surface area contributed by atoms with Crippen LogP contribution in [-0.2, 0) is 4.74 Å². The summed E-state index contributed by atoms with van der Waals surface area (Å²) in [7, 11) is 4.06. The number of ether oxygens (including phenoxy) is 1. The standard InChI is InChI=1S/C12H17ClN2O/c1-15(2)11-5-3-9(4-6-11)12-14-10(7-13)8-16-12/h3-6,10,12,14H,7-8H2,1-2H3/t10-,12-/m0/s1. The van der Waals surface area contributed by atoms with Crippen molar-refractivity contribution in [2.75, 3.05) is 31.5 Å². The number of alkyl halides is 1. The van der Waals surface area contributed by atoms with Gasteiger partial charge in [-0.2, -0.15) is 0 Å². The van der Waals surface area contributed by atoms with E-state index in [0.717, 1.165) is 5.56 Å². The molecule has 1 aromatic carbocycles. The van der Waals surface area contributed by atoms with Crippen LogP contribution in [0.5, 0.6) is 0 Å². The molecule has 0 amide bonds. The third-order valence-electron chi connectivity index (χ3n) is 2.75. The lowest BCUT2D eigenvalue weighted by molar-refractivity contribution is 0.101. The van der Waals surface area contributed by atoms with E-state index in [0.29, 0.717) is 12.5 Å². The van der Waals surface area contributed by atoms with Crippen LogP contribution in [0.3, 0.4) is 0 Å². The van der Waals surface area contributed by atoms with Gasteiger partial charge in [0.15, 0.2) is 0 Å². The van der Waals surface area contributed by atoms with Crippen molar-refractivity contribution in [2.45, 2.75) is 12.3 Å². The molecule has 1 aromatic rings. The first-order valence-corrected chi connectivity index (χ1v) is 5.95. The Morgan fingerprint density at radius 3 is 2.56 bits per heavy atom. The zero-order valence-electron chi connectivity index (χ0n) is 9.61. The van der Waals surface area contributed by atoms with Gasteiger partial charge in [-0.3, -0.25) is 5.32 Å². The van der Waals surface area contributed by atoms with Gasteiger partial charge in [-0.15, -0.1) is 11.6 Å². The summed E-state index contributed by atoms with van der Waals surface area (Å²) in [6.07, 6.45) is -0.0139. The molecule has 0 saturated carbocycles. The van der Waals surface area contributed by atoms with Gasteiger partial charge in [-0.25, -0.2) is 0 Å². The lowest BCUT2D eigenvalue weighted by atomic mass is 10.1. The number of rotatable bonds is 3. The van der Waals surface area contributed by atoms with Crippen LogP contribution >= 0.6 is 11.6 Å². The average molecular weight is 241 g/mol. The molecule has 1 heterocycles. The molecule has 1 fully saturated rings. The predicted molar refractivity (Wildman–Crippen MR) is 67.1 cm³/mol. The molecule has 0 bridgehead atoms. The molecule has 2 atom stereocenters. The summed E-state index contributed by atoms with van der Waals surface area (Å²) in [6.45, 7) is 0.684. The highest BCUT2D eigenvalue weighted by Gasteiger charge is 2.24. The zero-order valence-corrected chi connectivity index (χ0v) is 10.4. The van der Waals surface area contributed by atoms with Crippen LogP contribution in [0.2, 0.25) is 0 Å². The largest absolute Gasteiger partial charge is 0.378 e. The number of hydrogen-bond donors (Lipinski definition) is 1. The molecule has 4 heteroatoms. The van der Waals surface area contributed by atoms with E-state index in [2.05, 4.69) is 34.5 Å². The molecule has 1 aliphatic heterocycles. The van der Waals surface area contributed by atoms with E-state index < -0.39 is 0 Å². The highest BCUT2D eigenvalue weighted by molar-refractivity contribution is 6.18. The Hall–Kier alpha value is -0.770. The first-order chi connectivity index (χ1) is 7.70. The molecule has 1 aliphatic rings. The monoisotopic (exact) mass is 240 g/mol. The van der Waals surface area contributed by atoms with Crippen molar-refractivity contribution >= 4 is 17.3 Å². The minimum Gasteiger partial charge on any atom is -0.378 e. The van der Waals surface area contributed by atoms with Gasteiger partial charge in [0.2, 0.25) is 0 Å². The lowest BCUT2D eigenvalue weighted by Crippen LogP contribution is -2.27. The fourth-order valence-electron chi connectivity index (χ4n) is 1.75. The van der Waals surface area contributed by atoms with Crippen LogP contribution in [0.25, 0.3) is 0 Å². The van der Waals surface area contributed by atoms with Crippen LogP contribution in [0.15, 0.2) is 24.3 Å². The molecular formula is C12H17ClN2O. The van der Waals surface area contributed by atoms with Gasteiger partial charge in [-0.1, -0.05) is 12.1 Å². The Labute approximate surface area is 101 Å². The smallest absolute Gasteiger partial charge is 0.134 e. The summed E-state index contributed by atoms with van der Waals surface area (Å²) >= 11 is 5.78. The lowest BCUT2D eigenvalue weighted by Gasteiger charge is -2.15. The highest BCUT2D eigenvalue weighted by Crippen LogP contribution is 2.23. The summed E-state index contributed by atoms with van der Waals surface area (Å²) in [5.74, 6) is 0.590. The van der Waals surface area contributed by atoms with Crippen molar-refractivity contribution in [1.82, 2.24) is 5.32 Å². The molecule has 88 valence electrons. The number of anilines is 1. The molecule has 0 aliphatic carbocycles. The number of nitrogens with zero attached hydrogens (tertiary/aromatic N) is 1. The Bertz CT molecular complexity index is 339. The second kappa shape index (κ2) is 5.04. The molecule has 16 heavy (non-hydrogen) atoms. The van der Waals surface area contributed by atoms with Gasteiger partial charge in [0, 0.05) is 31.7 Å². The number of nitrogens with one attached hydrogen (secondary N) is 1. The summed E-state index contributed by atoms with van der Waals surface area (Å²) in [4.78, 5) is 2.08. The van der Waals surface area contributed by atoms with Gasteiger partial charge < -0.3 is 9.64 Å². The van der Waals surface area contributed by atoms with E-state index in [-0.39, 0.29) is 12.3 Å². The summed E-state index contributed by atoms with van der Waals surface area (Å²) < 4.78 is 5.63. The quantitative estimate of drug-likeness (QED) is 0.818. The Balaban J connectivity index is 2.05. The number of hydrogen-bond acceptors (Lipinski definition) is 3. The van der Waals surface area contributed by atoms with Crippen LogP contribution in [0, 0.1) is 0 Å². The first kappa shape index (κ1) is 11.7. The third-order valence-corrected chi connectivity index (χ3v) is 3.12. The van der Waals surface area contributed by atoms with Crippen molar-refractivity contribution in [2.24, 2.45) is 0 Å². The van der Waals surface area contributed by atoms with E-state index in [4.69, 9.17) is 16.3 Å². The Morgan fingerprint density at radius 1 is 1.38 bits per heavy atom. The Morgan fingerprint density at radius 2 is 2.06 bits per heavy atom. The second-order valence-corrected chi connectivity index (χ2v) is 4.53. The van der Waals surface area contributed by atoms with Crippen LogP contribution in [0.4, 0.5) is 5.69 Å². The summed E-state index contributed by atoms with van der Waals surface area (Å²) in [5, 5.41) is 3.34. The molecule has 1 saturated heterocycles. The van der Waals surface area contributed by atoms with E-state index in [9.17, 15) is 0 Å². The fourth-order valence-corrected chi connectivity index (χ4v) is 1.93. The molecule has 2 rings (SSSR count). The number of benzene rings is 1. The Kier molecular flexibility index (Phi) is 3.69. The predicted octanol–water partition coefficient (Wildman–Crippen LogP) is 1.98. The minimum atomic E-state index is -0.0139. The molecule has 3 nitrogen and oxygen atoms in total. The molecule has 0 spiro atoms. The zero-order chi connectivity index (χ0) is 11.5. The second-order valence-electron chi connectivity index (χ2n) is 4.22. The van der Waals surface area contributed by atoms with E-state index in [1.165, 1.54) is 5.69 Å². The highest BCUT2D eigenvalue weighted by atomic mass is 35.5. The topological polar surface area (TPSA) is 24.5 Å². The van der Waals surface area contributed by atoms with Crippen LogP contribution in [-0.4, -0.2) is 32.6 Å².